The average Bonchev–Trinajstić information content (AvgIpc) is 3.67. The highest BCUT2D eigenvalue weighted by Crippen LogP contribution is 2.48. The van der Waals surface area contributed by atoms with Crippen LogP contribution in [0.1, 0.15) is 0 Å². The van der Waals surface area contributed by atoms with Crippen LogP contribution in [-0.2, 0) is 0 Å². The minimum Gasteiger partial charge on any atom is -0.309 e. The van der Waals surface area contributed by atoms with Crippen molar-refractivity contribution in [3.8, 4) is 50.2 Å². The van der Waals surface area contributed by atoms with Crippen LogP contribution < -0.4 is 4.90 Å². The zero-order chi connectivity index (χ0) is 39.8. The Labute approximate surface area is 350 Å². The molecule has 1 aromatic heterocycles. The van der Waals surface area contributed by atoms with Crippen LogP contribution >= 0.6 is 0 Å². The van der Waals surface area contributed by atoms with Gasteiger partial charge in [-0.1, -0.05) is 194 Å². The summed E-state index contributed by atoms with van der Waals surface area (Å²) in [5.41, 5.74) is 16.3. The van der Waals surface area contributed by atoms with Crippen LogP contribution in [0.5, 0.6) is 0 Å². The zero-order valence-corrected chi connectivity index (χ0v) is 33.0. The van der Waals surface area contributed by atoms with E-state index in [0.717, 1.165) is 28.3 Å². The Bertz CT molecular complexity index is 3310. The molecule has 11 rings (SSSR count). The molecule has 0 aliphatic heterocycles. The fourth-order valence-electron chi connectivity index (χ4n) is 9.04. The van der Waals surface area contributed by atoms with Gasteiger partial charge in [0, 0.05) is 33.2 Å². The summed E-state index contributed by atoms with van der Waals surface area (Å²) in [5, 5.41) is 4.94. The fraction of sp³-hybridized carbons (Fsp3) is 0. The quantitative estimate of drug-likeness (QED) is 0.150. The smallest absolute Gasteiger partial charge is 0.0547 e. The standard InChI is InChI=1S/C58H40N2/c1-3-19-43(20-4-1)48-24-9-13-29-53(48)59(47-38-36-42(37-39-47)46-35-34-41-18-7-8-23-45(41)40-46)55-31-15-11-26-50(55)51-28-17-33-57-58(51)52-27-12-16-32-56(52)60(57)54-30-14-10-25-49(54)44-21-5-2-6-22-44/h1-40H. The molecule has 0 aliphatic rings. The van der Waals surface area contributed by atoms with E-state index >= 15 is 0 Å². The van der Waals surface area contributed by atoms with Crippen molar-refractivity contribution in [1.29, 1.82) is 0 Å². The van der Waals surface area contributed by atoms with Crippen molar-refractivity contribution in [3.63, 3.8) is 0 Å². The molecule has 0 saturated heterocycles. The van der Waals surface area contributed by atoms with Gasteiger partial charge in [0.2, 0.25) is 0 Å². The second kappa shape index (κ2) is 15.1. The van der Waals surface area contributed by atoms with Crippen LogP contribution in [0.3, 0.4) is 0 Å². The van der Waals surface area contributed by atoms with Crippen molar-refractivity contribution in [3.05, 3.63) is 243 Å². The van der Waals surface area contributed by atoms with Crippen LogP contribution in [0.4, 0.5) is 17.1 Å². The van der Waals surface area contributed by atoms with Gasteiger partial charge in [0.05, 0.1) is 28.1 Å². The summed E-state index contributed by atoms with van der Waals surface area (Å²) in [6.07, 6.45) is 0. The first-order valence-electron chi connectivity index (χ1n) is 20.6. The minimum absolute atomic E-state index is 1.08. The highest BCUT2D eigenvalue weighted by molar-refractivity contribution is 6.17. The van der Waals surface area contributed by atoms with E-state index in [1.54, 1.807) is 0 Å². The Balaban J connectivity index is 1.13. The fourth-order valence-corrected chi connectivity index (χ4v) is 9.04. The van der Waals surface area contributed by atoms with E-state index in [0.29, 0.717) is 0 Å². The molecule has 0 radical (unpaired) electrons. The molecule has 0 saturated carbocycles. The van der Waals surface area contributed by atoms with Crippen molar-refractivity contribution >= 4 is 49.6 Å². The van der Waals surface area contributed by atoms with E-state index in [1.165, 1.54) is 71.5 Å². The van der Waals surface area contributed by atoms with E-state index in [4.69, 9.17) is 0 Å². The SMILES string of the molecule is c1ccc(-c2ccccc2N(c2ccc(-c3ccc4ccccc4c3)cc2)c2ccccc2-c2cccc3c2c2ccccc2n3-c2ccccc2-c2ccccc2)cc1. The molecule has 60 heavy (non-hydrogen) atoms. The monoisotopic (exact) mass is 764 g/mol. The van der Waals surface area contributed by atoms with E-state index in [9.17, 15) is 0 Å². The van der Waals surface area contributed by atoms with Gasteiger partial charge in [0.25, 0.3) is 0 Å². The molecule has 2 nitrogen and oxygen atoms in total. The number of aromatic nitrogens is 1. The first kappa shape index (κ1) is 35.2. The number of anilines is 3. The Morgan fingerprint density at radius 1 is 0.300 bits per heavy atom. The molecule has 0 N–H and O–H groups in total. The minimum atomic E-state index is 1.08. The third kappa shape index (κ3) is 6.14. The first-order chi connectivity index (χ1) is 29.8. The van der Waals surface area contributed by atoms with Crippen molar-refractivity contribution < 1.29 is 0 Å². The third-order valence-electron chi connectivity index (χ3n) is 11.8. The maximum absolute atomic E-state index is 2.45. The third-order valence-corrected chi connectivity index (χ3v) is 11.8. The first-order valence-corrected chi connectivity index (χ1v) is 20.6. The maximum atomic E-state index is 2.45. The molecule has 2 heteroatoms. The summed E-state index contributed by atoms with van der Waals surface area (Å²) in [4.78, 5) is 2.45. The molecule has 282 valence electrons. The van der Waals surface area contributed by atoms with Crippen molar-refractivity contribution in [1.82, 2.24) is 4.57 Å². The van der Waals surface area contributed by atoms with Gasteiger partial charge in [0.15, 0.2) is 0 Å². The molecule has 0 spiro atoms. The Kier molecular flexibility index (Phi) is 8.87. The molecule has 10 aromatic carbocycles. The summed E-state index contributed by atoms with van der Waals surface area (Å²) < 4.78 is 2.45. The van der Waals surface area contributed by atoms with Crippen molar-refractivity contribution in [2.75, 3.05) is 4.90 Å². The van der Waals surface area contributed by atoms with Gasteiger partial charge in [-0.05, 0) is 87.1 Å². The van der Waals surface area contributed by atoms with Crippen LogP contribution in [0, 0.1) is 0 Å². The molecule has 0 fully saturated rings. The Morgan fingerprint density at radius 2 is 0.833 bits per heavy atom. The normalized spacial score (nSPS) is 11.3. The van der Waals surface area contributed by atoms with Gasteiger partial charge in [-0.3, -0.25) is 0 Å². The van der Waals surface area contributed by atoms with Gasteiger partial charge in [-0.25, -0.2) is 0 Å². The summed E-state index contributed by atoms with van der Waals surface area (Å²) >= 11 is 0. The number of fused-ring (bicyclic) bond motifs is 4. The average molecular weight is 765 g/mol. The van der Waals surface area contributed by atoms with E-state index in [-0.39, 0.29) is 0 Å². The predicted octanol–water partition coefficient (Wildman–Crippen LogP) is 16.1. The molecule has 0 bridgehead atoms. The second-order valence-electron chi connectivity index (χ2n) is 15.3. The number of hydrogen-bond acceptors (Lipinski definition) is 1. The highest BCUT2D eigenvalue weighted by atomic mass is 15.1. The summed E-state index contributed by atoms with van der Waals surface area (Å²) in [6, 6.07) is 87.9. The number of rotatable bonds is 8. The predicted molar refractivity (Wildman–Crippen MR) is 255 cm³/mol. The number of nitrogens with zero attached hydrogens (tertiary/aromatic N) is 2. The summed E-state index contributed by atoms with van der Waals surface area (Å²) in [5.74, 6) is 0. The van der Waals surface area contributed by atoms with E-state index in [1.807, 2.05) is 0 Å². The molecule has 11 aromatic rings. The van der Waals surface area contributed by atoms with Gasteiger partial charge >= 0.3 is 0 Å². The highest BCUT2D eigenvalue weighted by Gasteiger charge is 2.23. The topological polar surface area (TPSA) is 8.17 Å². The van der Waals surface area contributed by atoms with Gasteiger partial charge in [0.1, 0.15) is 0 Å². The molecule has 1 heterocycles. The van der Waals surface area contributed by atoms with Crippen LogP contribution in [-0.4, -0.2) is 4.57 Å². The van der Waals surface area contributed by atoms with Gasteiger partial charge in [-0.2, -0.15) is 0 Å². The molecule has 0 aliphatic carbocycles. The number of para-hydroxylation sites is 4. The summed E-state index contributed by atoms with van der Waals surface area (Å²) in [6.45, 7) is 0. The van der Waals surface area contributed by atoms with Crippen molar-refractivity contribution in [2.24, 2.45) is 0 Å². The largest absolute Gasteiger partial charge is 0.309 e. The van der Waals surface area contributed by atoms with Crippen LogP contribution in [0.2, 0.25) is 0 Å². The van der Waals surface area contributed by atoms with E-state index < -0.39 is 0 Å². The maximum Gasteiger partial charge on any atom is 0.0547 e. The second-order valence-corrected chi connectivity index (χ2v) is 15.3. The van der Waals surface area contributed by atoms with Gasteiger partial charge in [-0.15, -0.1) is 0 Å². The van der Waals surface area contributed by atoms with Gasteiger partial charge < -0.3 is 9.47 Å². The molecular weight excluding hydrogens is 725 g/mol. The lowest BCUT2D eigenvalue weighted by molar-refractivity contribution is 1.18. The van der Waals surface area contributed by atoms with E-state index in [2.05, 4.69) is 252 Å². The van der Waals surface area contributed by atoms with Crippen molar-refractivity contribution in [2.45, 2.75) is 0 Å². The lowest BCUT2D eigenvalue weighted by Gasteiger charge is -2.30. The molecule has 0 unspecified atom stereocenters. The number of hydrogen-bond donors (Lipinski definition) is 0. The zero-order valence-electron chi connectivity index (χ0n) is 33.0. The Hall–Kier alpha value is -7.94. The van der Waals surface area contributed by atoms with Crippen LogP contribution in [0.15, 0.2) is 243 Å². The lowest BCUT2D eigenvalue weighted by Crippen LogP contribution is -2.12. The van der Waals surface area contributed by atoms with Crippen LogP contribution in [0.25, 0.3) is 82.8 Å². The Morgan fingerprint density at radius 3 is 1.60 bits per heavy atom. The summed E-state index contributed by atoms with van der Waals surface area (Å²) in [7, 11) is 0. The molecule has 0 amide bonds. The molecule has 0 atom stereocenters. The molecular formula is C58H40N2. The number of benzene rings is 10. The lowest BCUT2D eigenvalue weighted by atomic mass is 9.95.